The molecule has 1 aliphatic rings. The van der Waals surface area contributed by atoms with Crippen molar-refractivity contribution in [2.75, 3.05) is 19.8 Å². The third kappa shape index (κ3) is 3.00. The van der Waals surface area contributed by atoms with Crippen LogP contribution in [-0.4, -0.2) is 41.9 Å². The summed E-state index contributed by atoms with van der Waals surface area (Å²) in [7, 11) is 0. The molecule has 0 saturated carbocycles. The minimum atomic E-state index is -0.603. The lowest BCUT2D eigenvalue weighted by Crippen LogP contribution is -2.28. The van der Waals surface area contributed by atoms with Gasteiger partial charge in [0.1, 0.15) is 18.5 Å². The fraction of sp³-hybridized carbons (Fsp3) is 0.462. The fourth-order valence-corrected chi connectivity index (χ4v) is 1.70. The molecule has 18 heavy (non-hydrogen) atoms. The maximum absolute atomic E-state index is 12.1. The highest BCUT2D eigenvalue weighted by atomic mass is 16.7. The average molecular weight is 251 g/mol. The fourth-order valence-electron chi connectivity index (χ4n) is 1.70. The van der Waals surface area contributed by atoms with E-state index in [1.807, 2.05) is 13.0 Å². The number of benzene rings is 1. The van der Waals surface area contributed by atoms with Crippen LogP contribution in [0.25, 0.3) is 0 Å². The summed E-state index contributed by atoms with van der Waals surface area (Å²) in [6.07, 6.45) is 0.313. The van der Waals surface area contributed by atoms with Crippen LogP contribution in [0.1, 0.15) is 23.7 Å². The number of carbonyl (C=O) groups is 1. The molecule has 1 aromatic rings. The van der Waals surface area contributed by atoms with Crippen molar-refractivity contribution in [3.05, 3.63) is 29.8 Å². The van der Waals surface area contributed by atoms with Crippen LogP contribution in [-0.2, 0) is 4.84 Å². The summed E-state index contributed by atoms with van der Waals surface area (Å²) in [6.45, 7) is 3.02. The van der Waals surface area contributed by atoms with Crippen molar-refractivity contribution >= 4 is 5.91 Å². The van der Waals surface area contributed by atoms with Gasteiger partial charge < -0.3 is 9.84 Å². The highest BCUT2D eigenvalue weighted by Crippen LogP contribution is 2.17. The van der Waals surface area contributed by atoms with Crippen LogP contribution in [0, 0.1) is 0 Å². The van der Waals surface area contributed by atoms with E-state index in [2.05, 4.69) is 0 Å². The summed E-state index contributed by atoms with van der Waals surface area (Å²) < 4.78 is 5.47. The van der Waals surface area contributed by atoms with E-state index in [-0.39, 0.29) is 19.1 Å². The first-order valence-electron chi connectivity index (χ1n) is 6.06. The highest BCUT2D eigenvalue weighted by molar-refractivity contribution is 5.94. The van der Waals surface area contributed by atoms with Crippen LogP contribution in [0.15, 0.2) is 24.3 Å². The molecule has 1 N–H and O–H groups in total. The number of hydrogen-bond acceptors (Lipinski definition) is 4. The van der Waals surface area contributed by atoms with Gasteiger partial charge in [0.25, 0.3) is 5.91 Å². The number of hydroxylamine groups is 2. The van der Waals surface area contributed by atoms with Gasteiger partial charge in [-0.15, -0.1) is 0 Å². The molecule has 0 bridgehead atoms. The first-order chi connectivity index (χ1) is 8.70. The molecule has 0 unspecified atom stereocenters. The van der Waals surface area contributed by atoms with Crippen LogP contribution in [0.5, 0.6) is 5.75 Å². The van der Waals surface area contributed by atoms with Crippen molar-refractivity contribution in [3.63, 3.8) is 0 Å². The van der Waals surface area contributed by atoms with Gasteiger partial charge in [-0.2, -0.15) is 0 Å². The lowest BCUT2D eigenvalue weighted by atomic mass is 10.2. The molecule has 2 rings (SSSR count). The van der Waals surface area contributed by atoms with Crippen molar-refractivity contribution in [1.29, 1.82) is 0 Å². The summed E-state index contributed by atoms with van der Waals surface area (Å²) in [6, 6.07) is 6.97. The van der Waals surface area contributed by atoms with Crippen LogP contribution < -0.4 is 4.74 Å². The molecule has 1 saturated heterocycles. The molecular weight excluding hydrogens is 234 g/mol. The molecular formula is C13H17NO4. The zero-order valence-corrected chi connectivity index (χ0v) is 10.3. The second kappa shape index (κ2) is 5.84. The number of nitrogens with zero attached hydrogens (tertiary/aromatic N) is 1. The monoisotopic (exact) mass is 251 g/mol. The molecule has 1 heterocycles. The number of rotatable bonds is 4. The number of aliphatic hydroxyl groups is 1. The lowest BCUT2D eigenvalue weighted by molar-refractivity contribution is -0.0779. The van der Waals surface area contributed by atoms with Gasteiger partial charge in [-0.3, -0.25) is 9.63 Å². The zero-order valence-electron chi connectivity index (χ0n) is 10.3. The number of carbonyl (C=O) groups excluding carboxylic acids is 1. The Morgan fingerprint density at radius 2 is 2.44 bits per heavy atom. The summed E-state index contributed by atoms with van der Waals surface area (Å²) in [4.78, 5) is 17.1. The number of ether oxygens (including phenoxy) is 1. The number of aliphatic hydroxyl groups excluding tert-OH is 1. The Labute approximate surface area is 106 Å². The molecule has 1 amide bonds. The van der Waals surface area contributed by atoms with Gasteiger partial charge in [0.2, 0.25) is 0 Å². The molecule has 1 aromatic carbocycles. The van der Waals surface area contributed by atoms with Gasteiger partial charge in [0.15, 0.2) is 0 Å². The second-order valence-corrected chi connectivity index (χ2v) is 4.19. The van der Waals surface area contributed by atoms with E-state index in [1.54, 1.807) is 18.2 Å². The van der Waals surface area contributed by atoms with E-state index in [4.69, 9.17) is 9.57 Å². The zero-order chi connectivity index (χ0) is 13.0. The Morgan fingerprint density at radius 3 is 3.11 bits per heavy atom. The minimum absolute atomic E-state index is 0.164. The van der Waals surface area contributed by atoms with Gasteiger partial charge in [-0.25, -0.2) is 5.06 Å². The second-order valence-electron chi connectivity index (χ2n) is 4.19. The van der Waals surface area contributed by atoms with E-state index in [0.717, 1.165) is 6.42 Å². The average Bonchev–Trinajstić information content (AvgIpc) is 2.82. The largest absolute Gasteiger partial charge is 0.494 e. The Bertz CT molecular complexity index is 421. The predicted octanol–water partition coefficient (Wildman–Crippen LogP) is 1.22. The molecule has 5 nitrogen and oxygen atoms in total. The maximum Gasteiger partial charge on any atom is 0.277 e. The summed E-state index contributed by atoms with van der Waals surface area (Å²) in [5, 5.41) is 10.5. The maximum atomic E-state index is 12.1. The Balaban J connectivity index is 2.05. The predicted molar refractivity (Wildman–Crippen MR) is 65.2 cm³/mol. The molecule has 0 spiro atoms. The van der Waals surface area contributed by atoms with Gasteiger partial charge in [0.05, 0.1) is 13.2 Å². The van der Waals surface area contributed by atoms with E-state index in [1.165, 1.54) is 5.06 Å². The third-order valence-corrected chi connectivity index (χ3v) is 2.58. The molecule has 98 valence electrons. The molecule has 0 aliphatic carbocycles. The van der Waals surface area contributed by atoms with Crippen molar-refractivity contribution in [1.82, 2.24) is 5.06 Å². The van der Waals surface area contributed by atoms with Crippen molar-refractivity contribution < 1.29 is 19.5 Å². The topological polar surface area (TPSA) is 59.0 Å². The quantitative estimate of drug-likeness (QED) is 0.874. The van der Waals surface area contributed by atoms with E-state index >= 15 is 0 Å². The van der Waals surface area contributed by atoms with E-state index in [9.17, 15) is 9.90 Å². The van der Waals surface area contributed by atoms with E-state index < -0.39 is 6.10 Å². The molecule has 0 aromatic heterocycles. The van der Waals surface area contributed by atoms with Gasteiger partial charge in [-0.1, -0.05) is 13.0 Å². The lowest BCUT2D eigenvalue weighted by Gasteiger charge is -2.14. The molecule has 5 heteroatoms. The van der Waals surface area contributed by atoms with Crippen molar-refractivity contribution in [3.8, 4) is 5.75 Å². The molecule has 1 aliphatic heterocycles. The van der Waals surface area contributed by atoms with Crippen molar-refractivity contribution in [2.45, 2.75) is 19.4 Å². The summed E-state index contributed by atoms with van der Waals surface area (Å²) >= 11 is 0. The van der Waals surface area contributed by atoms with Gasteiger partial charge in [0, 0.05) is 5.56 Å². The Hall–Kier alpha value is -1.59. The van der Waals surface area contributed by atoms with Gasteiger partial charge >= 0.3 is 0 Å². The standard InChI is InChI=1S/C13H17NO4/c1-2-6-17-12-5-3-4-10(7-12)13(16)14-8-11(15)9-18-14/h3-5,7,11,15H,2,6,8-9H2,1H3/t11-/m1/s1. The minimum Gasteiger partial charge on any atom is -0.494 e. The molecule has 1 fully saturated rings. The van der Waals surface area contributed by atoms with E-state index in [0.29, 0.717) is 17.9 Å². The van der Waals surface area contributed by atoms with Crippen LogP contribution in [0.2, 0.25) is 0 Å². The molecule has 0 radical (unpaired) electrons. The summed E-state index contributed by atoms with van der Waals surface area (Å²) in [5.41, 5.74) is 0.498. The summed E-state index contributed by atoms with van der Waals surface area (Å²) in [5.74, 6) is 0.413. The number of amides is 1. The Kier molecular flexibility index (Phi) is 4.17. The normalized spacial score (nSPS) is 19.0. The highest BCUT2D eigenvalue weighted by Gasteiger charge is 2.27. The first-order valence-corrected chi connectivity index (χ1v) is 6.06. The van der Waals surface area contributed by atoms with Crippen molar-refractivity contribution in [2.24, 2.45) is 0 Å². The van der Waals surface area contributed by atoms with Gasteiger partial charge in [-0.05, 0) is 24.6 Å². The van der Waals surface area contributed by atoms with Crippen LogP contribution in [0.3, 0.4) is 0 Å². The Morgan fingerprint density at radius 1 is 1.61 bits per heavy atom. The first kappa shape index (κ1) is 12.9. The van der Waals surface area contributed by atoms with Crippen LogP contribution in [0.4, 0.5) is 0 Å². The van der Waals surface area contributed by atoms with Crippen LogP contribution >= 0.6 is 0 Å². The molecule has 1 atom stereocenters. The third-order valence-electron chi connectivity index (χ3n) is 2.58. The SMILES string of the molecule is CCCOc1cccc(C(=O)N2C[C@@H](O)CO2)c1. The number of β-amino-alcohol motifs (C(OH)–C–C–N with tert-alkyl or cyclic N) is 1. The smallest absolute Gasteiger partial charge is 0.277 e. The number of hydrogen-bond donors (Lipinski definition) is 1.